The first-order valence-electron chi connectivity index (χ1n) is 5.89. The smallest absolute Gasteiger partial charge is 0.116 e. The van der Waals surface area contributed by atoms with E-state index in [1.165, 1.54) is 0 Å². The quantitative estimate of drug-likeness (QED) is 0.682. The average molecular weight is 235 g/mol. The van der Waals surface area contributed by atoms with E-state index in [-0.39, 0.29) is 0 Å². The van der Waals surface area contributed by atoms with E-state index in [9.17, 15) is 0 Å². The third-order valence-corrected chi connectivity index (χ3v) is 2.82. The Bertz CT molecular complexity index is 642. The fourth-order valence-corrected chi connectivity index (χ4v) is 1.92. The van der Waals surface area contributed by atoms with Crippen LogP contribution in [0.15, 0.2) is 60.7 Å². The highest BCUT2D eigenvalue weighted by molar-refractivity contribution is 5.60. The second kappa shape index (κ2) is 4.45. The molecule has 0 radical (unpaired) electrons. The van der Waals surface area contributed by atoms with Crippen LogP contribution < -0.4 is 0 Å². The molecule has 18 heavy (non-hydrogen) atoms. The van der Waals surface area contributed by atoms with Crippen LogP contribution in [0.1, 0.15) is 5.69 Å². The molecule has 2 aromatic carbocycles. The molecule has 0 aliphatic heterocycles. The van der Waals surface area contributed by atoms with Gasteiger partial charge in [-0.25, -0.2) is 0 Å². The zero-order valence-electron chi connectivity index (χ0n) is 10.1. The van der Waals surface area contributed by atoms with Crippen LogP contribution in [0.2, 0.25) is 0 Å². The van der Waals surface area contributed by atoms with Crippen LogP contribution in [0.4, 0.5) is 0 Å². The van der Waals surface area contributed by atoms with Crippen LogP contribution in [-0.2, 0) is 0 Å². The molecule has 3 aromatic rings. The van der Waals surface area contributed by atoms with Gasteiger partial charge < -0.3 is 0 Å². The molecule has 3 rings (SSSR count). The van der Waals surface area contributed by atoms with Gasteiger partial charge in [0.1, 0.15) is 5.69 Å². The monoisotopic (exact) mass is 235 g/mol. The molecule has 1 aromatic heterocycles. The molecular formula is C15H13N3. The van der Waals surface area contributed by atoms with Crippen LogP contribution in [0.5, 0.6) is 0 Å². The van der Waals surface area contributed by atoms with Crippen LogP contribution in [0, 0.1) is 6.92 Å². The predicted octanol–water partition coefficient (Wildman–Crippen LogP) is 3.24. The number of aryl methyl sites for hydroxylation is 1. The van der Waals surface area contributed by atoms with Gasteiger partial charge >= 0.3 is 0 Å². The molecule has 88 valence electrons. The summed E-state index contributed by atoms with van der Waals surface area (Å²) < 4.78 is 0. The molecule has 0 atom stereocenters. The Labute approximate surface area is 106 Å². The molecule has 3 nitrogen and oxygen atoms in total. The summed E-state index contributed by atoms with van der Waals surface area (Å²) in [5.41, 5.74) is 3.93. The van der Waals surface area contributed by atoms with E-state index in [1.807, 2.05) is 67.6 Å². The van der Waals surface area contributed by atoms with E-state index in [4.69, 9.17) is 0 Å². The number of benzene rings is 2. The molecule has 0 saturated heterocycles. The zero-order valence-corrected chi connectivity index (χ0v) is 10.1. The number of para-hydroxylation sites is 1. The molecular weight excluding hydrogens is 222 g/mol. The molecule has 0 unspecified atom stereocenters. The van der Waals surface area contributed by atoms with Crippen molar-refractivity contribution in [3.8, 4) is 16.9 Å². The molecule has 0 bridgehead atoms. The Kier molecular flexibility index (Phi) is 2.65. The van der Waals surface area contributed by atoms with Gasteiger partial charge in [0.15, 0.2) is 0 Å². The number of hydrogen-bond donors (Lipinski definition) is 0. The van der Waals surface area contributed by atoms with E-state index in [0.29, 0.717) is 0 Å². The maximum atomic E-state index is 4.56. The maximum absolute atomic E-state index is 4.56. The number of hydrogen-bond acceptors (Lipinski definition) is 2. The lowest BCUT2D eigenvalue weighted by Gasteiger charge is -1.97. The first-order valence-corrected chi connectivity index (χ1v) is 5.89. The summed E-state index contributed by atoms with van der Waals surface area (Å²) in [5.74, 6) is 0. The molecule has 3 heteroatoms. The van der Waals surface area contributed by atoms with Gasteiger partial charge in [-0.15, -0.1) is 5.10 Å². The van der Waals surface area contributed by atoms with Crippen LogP contribution in [0.25, 0.3) is 16.9 Å². The zero-order chi connectivity index (χ0) is 12.4. The minimum absolute atomic E-state index is 0.930. The average Bonchev–Trinajstić information content (AvgIpc) is 2.83. The van der Waals surface area contributed by atoms with Crippen molar-refractivity contribution in [2.45, 2.75) is 6.92 Å². The number of nitrogens with zero attached hydrogens (tertiary/aromatic N) is 3. The van der Waals surface area contributed by atoms with Crippen molar-refractivity contribution in [2.75, 3.05) is 0 Å². The highest BCUT2D eigenvalue weighted by Crippen LogP contribution is 2.20. The highest BCUT2D eigenvalue weighted by atomic mass is 15.5. The normalized spacial score (nSPS) is 10.5. The van der Waals surface area contributed by atoms with Gasteiger partial charge in [-0.1, -0.05) is 48.5 Å². The Morgan fingerprint density at radius 3 is 2.06 bits per heavy atom. The molecule has 0 N–H and O–H groups in total. The third kappa shape index (κ3) is 1.91. The summed E-state index contributed by atoms with van der Waals surface area (Å²) in [4.78, 5) is 1.68. The third-order valence-electron chi connectivity index (χ3n) is 2.82. The van der Waals surface area contributed by atoms with E-state index in [1.54, 1.807) is 4.80 Å². The van der Waals surface area contributed by atoms with Gasteiger partial charge in [0.05, 0.1) is 11.4 Å². The summed E-state index contributed by atoms with van der Waals surface area (Å²) in [6, 6.07) is 20.1. The van der Waals surface area contributed by atoms with Crippen molar-refractivity contribution < 1.29 is 0 Å². The van der Waals surface area contributed by atoms with E-state index in [0.717, 1.165) is 22.6 Å². The second-order valence-electron chi connectivity index (χ2n) is 4.13. The molecule has 0 spiro atoms. The Morgan fingerprint density at radius 2 is 1.39 bits per heavy atom. The Balaban J connectivity index is 2.07. The standard InChI is InChI=1S/C15H13N3/c1-12-15(13-8-4-2-5-9-13)17-18(16-12)14-10-6-3-7-11-14/h2-11H,1H3. The van der Waals surface area contributed by atoms with Crippen molar-refractivity contribution in [1.82, 2.24) is 15.0 Å². The van der Waals surface area contributed by atoms with Crippen LogP contribution >= 0.6 is 0 Å². The summed E-state index contributed by atoms with van der Waals surface area (Å²) in [7, 11) is 0. The molecule has 0 fully saturated rings. The molecule has 0 aliphatic rings. The molecule has 1 heterocycles. The van der Waals surface area contributed by atoms with Crippen LogP contribution in [-0.4, -0.2) is 15.0 Å². The topological polar surface area (TPSA) is 30.7 Å². The van der Waals surface area contributed by atoms with Gasteiger partial charge in [0.2, 0.25) is 0 Å². The minimum Gasteiger partial charge on any atom is -0.153 e. The second-order valence-corrected chi connectivity index (χ2v) is 4.13. The number of rotatable bonds is 2. The Morgan fingerprint density at radius 1 is 0.778 bits per heavy atom. The van der Waals surface area contributed by atoms with Gasteiger partial charge in [-0.2, -0.15) is 9.90 Å². The summed E-state index contributed by atoms with van der Waals surface area (Å²) in [5, 5.41) is 9.02. The summed E-state index contributed by atoms with van der Waals surface area (Å²) in [6.07, 6.45) is 0. The predicted molar refractivity (Wildman–Crippen MR) is 71.5 cm³/mol. The maximum Gasteiger partial charge on any atom is 0.116 e. The van der Waals surface area contributed by atoms with Crippen LogP contribution in [0.3, 0.4) is 0 Å². The van der Waals surface area contributed by atoms with Crippen molar-refractivity contribution in [1.29, 1.82) is 0 Å². The summed E-state index contributed by atoms with van der Waals surface area (Å²) in [6.45, 7) is 1.98. The van der Waals surface area contributed by atoms with Crippen molar-refractivity contribution in [2.24, 2.45) is 0 Å². The fourth-order valence-electron chi connectivity index (χ4n) is 1.92. The first kappa shape index (κ1) is 10.7. The van der Waals surface area contributed by atoms with Gasteiger partial charge in [-0.05, 0) is 19.1 Å². The SMILES string of the molecule is Cc1nn(-c2ccccc2)nc1-c1ccccc1. The van der Waals surface area contributed by atoms with Crippen molar-refractivity contribution in [3.05, 3.63) is 66.4 Å². The van der Waals surface area contributed by atoms with Crippen molar-refractivity contribution >= 4 is 0 Å². The minimum atomic E-state index is 0.930. The summed E-state index contributed by atoms with van der Waals surface area (Å²) >= 11 is 0. The van der Waals surface area contributed by atoms with E-state index >= 15 is 0 Å². The van der Waals surface area contributed by atoms with E-state index < -0.39 is 0 Å². The number of aromatic nitrogens is 3. The van der Waals surface area contributed by atoms with Crippen molar-refractivity contribution in [3.63, 3.8) is 0 Å². The van der Waals surface area contributed by atoms with Gasteiger partial charge in [0, 0.05) is 5.56 Å². The largest absolute Gasteiger partial charge is 0.153 e. The first-order chi connectivity index (χ1) is 8.84. The lowest BCUT2D eigenvalue weighted by atomic mass is 10.1. The lowest BCUT2D eigenvalue weighted by molar-refractivity contribution is 0.747. The molecule has 0 amide bonds. The lowest BCUT2D eigenvalue weighted by Crippen LogP contribution is -1.98. The van der Waals surface area contributed by atoms with E-state index in [2.05, 4.69) is 10.2 Å². The Hall–Kier alpha value is -2.42. The van der Waals surface area contributed by atoms with Gasteiger partial charge in [0.25, 0.3) is 0 Å². The van der Waals surface area contributed by atoms with Gasteiger partial charge in [-0.3, -0.25) is 0 Å². The molecule has 0 saturated carbocycles. The highest BCUT2D eigenvalue weighted by Gasteiger charge is 2.09. The molecule has 0 aliphatic carbocycles. The fraction of sp³-hybridized carbons (Fsp3) is 0.0667.